The third-order valence-corrected chi connectivity index (χ3v) is 3.76. The average Bonchev–Trinajstić information content (AvgIpc) is 2.58. The molecule has 4 heteroatoms. The second-order valence-corrected chi connectivity index (χ2v) is 5.66. The van der Waals surface area contributed by atoms with E-state index in [2.05, 4.69) is 22.0 Å². The molecule has 2 aromatic rings. The number of rotatable bonds is 9. The largest absolute Gasteiger partial charge is 0.468 e. The maximum Gasteiger partial charge on any atom is 0.189 e. The van der Waals surface area contributed by atoms with Gasteiger partial charge in [0.05, 0.1) is 12.7 Å². The molecule has 0 radical (unpaired) electrons. The monoisotopic (exact) mass is 364 g/mol. The molecular weight excluding hydrogens is 344 g/mol. The van der Waals surface area contributed by atoms with Gasteiger partial charge in [0.2, 0.25) is 0 Å². The Morgan fingerprint density at radius 1 is 1.05 bits per heavy atom. The molecule has 0 heterocycles. The molecule has 118 valence electrons. The molecule has 0 unspecified atom stereocenters. The predicted octanol–water partition coefficient (Wildman–Crippen LogP) is 4.71. The zero-order chi connectivity index (χ0) is 15.6. The molecule has 0 fully saturated rings. The van der Waals surface area contributed by atoms with E-state index in [9.17, 15) is 0 Å². The van der Waals surface area contributed by atoms with Gasteiger partial charge in [0.15, 0.2) is 6.79 Å². The molecule has 0 aliphatic rings. The fraction of sp³-hybridized carbons (Fsp3) is 0.333. The van der Waals surface area contributed by atoms with Crippen LogP contribution in [0.2, 0.25) is 0 Å². The molecule has 2 aromatic carbocycles. The van der Waals surface area contributed by atoms with Gasteiger partial charge in [-0.2, -0.15) is 0 Å². The summed E-state index contributed by atoms with van der Waals surface area (Å²) in [6.45, 7) is 0.777. The summed E-state index contributed by atoms with van der Waals surface area (Å²) in [6.07, 6.45) is 0.998. The summed E-state index contributed by atoms with van der Waals surface area (Å²) in [6, 6.07) is 18.0. The van der Waals surface area contributed by atoms with Gasteiger partial charge in [-0.1, -0.05) is 58.4 Å². The molecule has 2 rings (SSSR count). The predicted molar refractivity (Wildman–Crippen MR) is 91.3 cm³/mol. The number of alkyl halides is 1. The Bertz CT molecular complexity index is 545. The van der Waals surface area contributed by atoms with Crippen LogP contribution >= 0.6 is 15.9 Å². The summed E-state index contributed by atoms with van der Waals surface area (Å²) < 4.78 is 16.7. The Labute approximate surface area is 140 Å². The SMILES string of the molecule is CO[C@@H](CCBr)c1cccc(OCOCc2ccccc2)c1. The lowest BCUT2D eigenvalue weighted by Crippen LogP contribution is -2.05. The van der Waals surface area contributed by atoms with Gasteiger partial charge in [-0.15, -0.1) is 0 Å². The fourth-order valence-electron chi connectivity index (χ4n) is 2.17. The van der Waals surface area contributed by atoms with Gasteiger partial charge in [-0.3, -0.25) is 0 Å². The Morgan fingerprint density at radius 2 is 1.86 bits per heavy atom. The van der Waals surface area contributed by atoms with Crippen LogP contribution < -0.4 is 4.74 Å². The van der Waals surface area contributed by atoms with Crippen LogP contribution in [0.3, 0.4) is 0 Å². The summed E-state index contributed by atoms with van der Waals surface area (Å²) in [7, 11) is 1.73. The summed E-state index contributed by atoms with van der Waals surface area (Å²) in [4.78, 5) is 0. The van der Waals surface area contributed by atoms with Gasteiger partial charge < -0.3 is 14.2 Å². The minimum atomic E-state index is 0.0770. The summed E-state index contributed by atoms with van der Waals surface area (Å²) in [5.74, 6) is 0.794. The second-order valence-electron chi connectivity index (χ2n) is 4.87. The maximum absolute atomic E-state index is 5.65. The van der Waals surface area contributed by atoms with Crippen LogP contribution in [0.4, 0.5) is 0 Å². The maximum atomic E-state index is 5.65. The molecule has 0 aliphatic heterocycles. The fourth-order valence-corrected chi connectivity index (χ4v) is 2.58. The molecule has 3 nitrogen and oxygen atoms in total. The van der Waals surface area contributed by atoms with Crippen LogP contribution in [0.25, 0.3) is 0 Å². The van der Waals surface area contributed by atoms with Crippen LogP contribution in [0.5, 0.6) is 5.75 Å². The molecule has 0 amide bonds. The van der Waals surface area contributed by atoms with Crippen molar-refractivity contribution >= 4 is 15.9 Å². The minimum absolute atomic E-state index is 0.0770. The lowest BCUT2D eigenvalue weighted by atomic mass is 10.1. The van der Waals surface area contributed by atoms with Gasteiger partial charge in [-0.25, -0.2) is 0 Å². The number of hydrogen-bond acceptors (Lipinski definition) is 3. The quantitative estimate of drug-likeness (QED) is 0.366. The molecule has 0 bridgehead atoms. The highest BCUT2D eigenvalue weighted by Crippen LogP contribution is 2.25. The molecule has 0 N–H and O–H groups in total. The molecule has 22 heavy (non-hydrogen) atoms. The third kappa shape index (κ3) is 5.44. The highest BCUT2D eigenvalue weighted by Gasteiger charge is 2.10. The average molecular weight is 365 g/mol. The van der Waals surface area contributed by atoms with E-state index in [0.29, 0.717) is 6.61 Å². The van der Waals surface area contributed by atoms with Crippen molar-refractivity contribution in [2.45, 2.75) is 19.1 Å². The van der Waals surface area contributed by atoms with Crippen molar-refractivity contribution in [2.24, 2.45) is 0 Å². The molecule has 0 saturated heterocycles. The summed E-state index contributed by atoms with van der Waals surface area (Å²) in [5.41, 5.74) is 2.25. The first-order valence-corrected chi connectivity index (χ1v) is 8.39. The van der Waals surface area contributed by atoms with E-state index < -0.39 is 0 Å². The Balaban J connectivity index is 1.82. The van der Waals surface area contributed by atoms with E-state index in [-0.39, 0.29) is 12.9 Å². The first-order valence-electron chi connectivity index (χ1n) is 7.26. The molecule has 0 aromatic heterocycles. The minimum Gasteiger partial charge on any atom is -0.468 e. The van der Waals surface area contributed by atoms with Crippen molar-refractivity contribution in [1.82, 2.24) is 0 Å². The summed E-state index contributed by atoms with van der Waals surface area (Å²) in [5, 5.41) is 0.900. The number of methoxy groups -OCH3 is 1. The number of ether oxygens (including phenoxy) is 3. The Kier molecular flexibility index (Phi) is 7.43. The van der Waals surface area contributed by atoms with E-state index >= 15 is 0 Å². The van der Waals surface area contributed by atoms with Gasteiger partial charge in [0.25, 0.3) is 0 Å². The van der Waals surface area contributed by atoms with Crippen molar-refractivity contribution in [3.63, 3.8) is 0 Å². The van der Waals surface area contributed by atoms with Crippen molar-refractivity contribution < 1.29 is 14.2 Å². The zero-order valence-electron chi connectivity index (χ0n) is 12.7. The van der Waals surface area contributed by atoms with Crippen LogP contribution in [-0.2, 0) is 16.1 Å². The van der Waals surface area contributed by atoms with E-state index in [0.717, 1.165) is 28.6 Å². The van der Waals surface area contributed by atoms with Crippen molar-refractivity contribution in [3.05, 3.63) is 65.7 Å². The van der Waals surface area contributed by atoms with E-state index in [1.54, 1.807) is 7.11 Å². The lowest BCUT2D eigenvalue weighted by molar-refractivity contribution is 0.00482. The van der Waals surface area contributed by atoms with Gasteiger partial charge in [0, 0.05) is 12.4 Å². The molecule has 0 spiro atoms. The van der Waals surface area contributed by atoms with Crippen molar-refractivity contribution in [3.8, 4) is 5.75 Å². The molecule has 0 aliphatic carbocycles. The Hall–Kier alpha value is -1.36. The second kappa shape index (κ2) is 9.62. The number of hydrogen-bond donors (Lipinski definition) is 0. The van der Waals surface area contributed by atoms with Gasteiger partial charge >= 0.3 is 0 Å². The van der Waals surface area contributed by atoms with Crippen molar-refractivity contribution in [2.75, 3.05) is 19.2 Å². The van der Waals surface area contributed by atoms with E-state index in [1.165, 1.54) is 0 Å². The van der Waals surface area contributed by atoms with E-state index in [4.69, 9.17) is 14.2 Å². The molecular formula is C18H21BrO3. The van der Waals surface area contributed by atoms with Gasteiger partial charge in [0.1, 0.15) is 5.75 Å². The smallest absolute Gasteiger partial charge is 0.189 e. The third-order valence-electron chi connectivity index (χ3n) is 3.31. The first kappa shape index (κ1) is 17.0. The van der Waals surface area contributed by atoms with Crippen LogP contribution in [-0.4, -0.2) is 19.2 Å². The van der Waals surface area contributed by atoms with Crippen LogP contribution in [0.1, 0.15) is 23.7 Å². The highest BCUT2D eigenvalue weighted by molar-refractivity contribution is 9.09. The number of halogens is 1. The first-order chi connectivity index (χ1) is 10.8. The van der Waals surface area contributed by atoms with Crippen molar-refractivity contribution in [1.29, 1.82) is 0 Å². The van der Waals surface area contributed by atoms with Crippen LogP contribution in [0.15, 0.2) is 54.6 Å². The molecule has 0 saturated carbocycles. The Morgan fingerprint density at radius 3 is 2.59 bits per heavy atom. The van der Waals surface area contributed by atoms with E-state index in [1.807, 2.05) is 48.5 Å². The highest BCUT2D eigenvalue weighted by atomic mass is 79.9. The standard InChI is InChI=1S/C18H21BrO3/c1-20-18(10-11-19)16-8-5-9-17(12-16)22-14-21-13-15-6-3-2-4-7-15/h2-9,12,18H,10-11,13-14H2,1H3/t18-/m0/s1. The van der Waals surface area contributed by atoms with Gasteiger partial charge in [-0.05, 0) is 29.7 Å². The zero-order valence-corrected chi connectivity index (χ0v) is 14.3. The normalized spacial score (nSPS) is 12.1. The summed E-state index contributed by atoms with van der Waals surface area (Å²) >= 11 is 3.45. The molecule has 1 atom stereocenters. The lowest BCUT2D eigenvalue weighted by Gasteiger charge is -2.15. The van der Waals surface area contributed by atoms with Crippen LogP contribution in [0, 0.1) is 0 Å². The number of benzene rings is 2. The topological polar surface area (TPSA) is 27.7 Å².